The van der Waals surface area contributed by atoms with E-state index in [4.69, 9.17) is 0 Å². The van der Waals surface area contributed by atoms with Crippen molar-refractivity contribution in [3.8, 4) is 0 Å². The molecule has 0 aliphatic carbocycles. The highest BCUT2D eigenvalue weighted by molar-refractivity contribution is 5.76. The van der Waals surface area contributed by atoms with Crippen LogP contribution in [0.4, 0.5) is 0 Å². The van der Waals surface area contributed by atoms with Gasteiger partial charge in [-0.25, -0.2) is 4.79 Å². The maximum atomic E-state index is 11.3. The van der Waals surface area contributed by atoms with E-state index in [0.717, 1.165) is 18.4 Å². The van der Waals surface area contributed by atoms with Crippen molar-refractivity contribution >= 4 is 5.97 Å². The predicted molar refractivity (Wildman–Crippen MR) is 66.7 cm³/mol. The smallest absolute Gasteiger partial charge is 0.339 e. The highest BCUT2D eigenvalue weighted by atomic mass is 16.5. The monoisotopic (exact) mass is 236 g/mol. The van der Waals surface area contributed by atoms with Gasteiger partial charge in [-0.05, 0) is 29.9 Å². The number of ether oxygens (including phenoxy) is 1. The zero-order valence-corrected chi connectivity index (χ0v) is 10.6. The standard InChI is InChI=1S/C14H20O3/c1-4-10(5-2)11-7-6-8-12(9-11)13(15)14(16)17-3/h6-10,13,15H,4-5H2,1-3H3. The van der Waals surface area contributed by atoms with Crippen molar-refractivity contribution in [3.63, 3.8) is 0 Å². The van der Waals surface area contributed by atoms with E-state index in [1.54, 1.807) is 6.07 Å². The van der Waals surface area contributed by atoms with Gasteiger partial charge in [-0.15, -0.1) is 0 Å². The van der Waals surface area contributed by atoms with Gasteiger partial charge in [0, 0.05) is 0 Å². The third-order valence-corrected chi connectivity index (χ3v) is 3.11. The minimum atomic E-state index is -1.19. The van der Waals surface area contributed by atoms with Crippen LogP contribution in [-0.4, -0.2) is 18.2 Å². The van der Waals surface area contributed by atoms with Gasteiger partial charge in [0.15, 0.2) is 6.10 Å². The number of aliphatic hydroxyl groups excluding tert-OH is 1. The number of hydrogen-bond donors (Lipinski definition) is 1. The Hall–Kier alpha value is -1.35. The van der Waals surface area contributed by atoms with Crippen molar-refractivity contribution in [2.75, 3.05) is 7.11 Å². The lowest BCUT2D eigenvalue weighted by molar-refractivity contribution is -0.150. The van der Waals surface area contributed by atoms with Gasteiger partial charge in [0.2, 0.25) is 0 Å². The summed E-state index contributed by atoms with van der Waals surface area (Å²) in [6.45, 7) is 4.27. The molecule has 0 heterocycles. The van der Waals surface area contributed by atoms with Crippen LogP contribution >= 0.6 is 0 Å². The van der Waals surface area contributed by atoms with Gasteiger partial charge >= 0.3 is 5.97 Å². The van der Waals surface area contributed by atoms with E-state index in [1.165, 1.54) is 7.11 Å². The van der Waals surface area contributed by atoms with Gasteiger partial charge in [0.25, 0.3) is 0 Å². The first-order valence-electron chi connectivity index (χ1n) is 5.99. The minimum Gasteiger partial charge on any atom is -0.467 e. The summed E-state index contributed by atoms with van der Waals surface area (Å²) in [4.78, 5) is 11.3. The topological polar surface area (TPSA) is 46.5 Å². The normalized spacial score (nSPS) is 12.5. The van der Waals surface area contributed by atoms with E-state index in [-0.39, 0.29) is 0 Å². The van der Waals surface area contributed by atoms with Crippen LogP contribution in [0.1, 0.15) is 49.8 Å². The summed E-state index contributed by atoms with van der Waals surface area (Å²) in [6.07, 6.45) is 0.914. The van der Waals surface area contributed by atoms with Crippen molar-refractivity contribution in [1.82, 2.24) is 0 Å². The van der Waals surface area contributed by atoms with Crippen LogP contribution in [0.25, 0.3) is 0 Å². The number of carbonyl (C=O) groups excluding carboxylic acids is 1. The molecule has 1 rings (SSSR count). The van der Waals surface area contributed by atoms with E-state index in [1.807, 2.05) is 18.2 Å². The van der Waals surface area contributed by atoms with Crippen molar-refractivity contribution in [1.29, 1.82) is 0 Å². The molecule has 94 valence electrons. The average Bonchev–Trinajstić information content (AvgIpc) is 2.38. The summed E-state index contributed by atoms with van der Waals surface area (Å²) in [7, 11) is 1.27. The summed E-state index contributed by atoms with van der Waals surface area (Å²) in [6, 6.07) is 7.53. The average molecular weight is 236 g/mol. The Morgan fingerprint density at radius 1 is 1.29 bits per heavy atom. The lowest BCUT2D eigenvalue weighted by Crippen LogP contribution is -2.13. The Kier molecular flexibility index (Phi) is 5.16. The zero-order valence-electron chi connectivity index (χ0n) is 10.6. The molecule has 1 atom stereocenters. The van der Waals surface area contributed by atoms with Crippen LogP contribution in [0.15, 0.2) is 24.3 Å². The van der Waals surface area contributed by atoms with Crippen LogP contribution in [-0.2, 0) is 9.53 Å². The van der Waals surface area contributed by atoms with Gasteiger partial charge < -0.3 is 9.84 Å². The molecule has 0 saturated heterocycles. The maximum Gasteiger partial charge on any atom is 0.339 e. The third kappa shape index (κ3) is 3.30. The van der Waals surface area contributed by atoms with Crippen molar-refractivity contribution in [3.05, 3.63) is 35.4 Å². The van der Waals surface area contributed by atoms with E-state index >= 15 is 0 Å². The number of aliphatic hydroxyl groups is 1. The molecular formula is C14H20O3. The zero-order chi connectivity index (χ0) is 12.8. The first-order valence-corrected chi connectivity index (χ1v) is 5.99. The Labute approximate surface area is 102 Å². The van der Waals surface area contributed by atoms with Crippen molar-refractivity contribution in [2.24, 2.45) is 0 Å². The van der Waals surface area contributed by atoms with E-state index in [9.17, 15) is 9.90 Å². The van der Waals surface area contributed by atoms with Crippen LogP contribution in [0.5, 0.6) is 0 Å². The molecule has 0 spiro atoms. The molecule has 0 saturated carbocycles. The fourth-order valence-corrected chi connectivity index (χ4v) is 1.99. The van der Waals surface area contributed by atoms with Crippen LogP contribution in [0, 0.1) is 0 Å². The Morgan fingerprint density at radius 3 is 2.41 bits per heavy atom. The number of rotatable bonds is 5. The molecule has 17 heavy (non-hydrogen) atoms. The third-order valence-electron chi connectivity index (χ3n) is 3.11. The van der Waals surface area contributed by atoms with Crippen LogP contribution < -0.4 is 0 Å². The molecule has 1 aromatic carbocycles. The Bertz CT molecular complexity index is 369. The number of methoxy groups -OCH3 is 1. The number of hydrogen-bond acceptors (Lipinski definition) is 3. The first-order chi connectivity index (χ1) is 8.13. The molecule has 1 unspecified atom stereocenters. The maximum absolute atomic E-state index is 11.3. The predicted octanol–water partition coefficient (Wildman–Crippen LogP) is 2.80. The van der Waals surface area contributed by atoms with Crippen LogP contribution in [0.2, 0.25) is 0 Å². The van der Waals surface area contributed by atoms with Gasteiger partial charge in [-0.3, -0.25) is 0 Å². The summed E-state index contributed by atoms with van der Waals surface area (Å²) >= 11 is 0. The van der Waals surface area contributed by atoms with Crippen LogP contribution in [0.3, 0.4) is 0 Å². The van der Waals surface area contributed by atoms with Crippen molar-refractivity contribution in [2.45, 2.75) is 38.7 Å². The summed E-state index contributed by atoms with van der Waals surface area (Å²) in [5, 5.41) is 9.77. The number of carbonyl (C=O) groups is 1. The summed E-state index contributed by atoms with van der Waals surface area (Å²) in [5.74, 6) is -0.147. The Morgan fingerprint density at radius 2 is 1.88 bits per heavy atom. The van der Waals surface area contributed by atoms with E-state index in [2.05, 4.69) is 18.6 Å². The van der Waals surface area contributed by atoms with E-state index in [0.29, 0.717) is 11.5 Å². The molecule has 0 aromatic heterocycles. The SMILES string of the molecule is CCC(CC)c1cccc(C(O)C(=O)OC)c1. The molecule has 1 aromatic rings. The fourth-order valence-electron chi connectivity index (χ4n) is 1.99. The first kappa shape index (κ1) is 13.7. The van der Waals surface area contributed by atoms with Gasteiger partial charge in [0.1, 0.15) is 0 Å². The second-order valence-corrected chi connectivity index (χ2v) is 4.11. The quantitative estimate of drug-likeness (QED) is 0.800. The molecule has 3 nitrogen and oxygen atoms in total. The highest BCUT2D eigenvalue weighted by Crippen LogP contribution is 2.25. The fraction of sp³-hybridized carbons (Fsp3) is 0.500. The molecule has 0 radical (unpaired) electrons. The molecule has 0 aliphatic heterocycles. The molecule has 1 N–H and O–H groups in total. The molecule has 0 fully saturated rings. The molecule has 0 aliphatic rings. The summed E-state index contributed by atoms with van der Waals surface area (Å²) in [5.41, 5.74) is 1.76. The van der Waals surface area contributed by atoms with E-state index < -0.39 is 12.1 Å². The lowest BCUT2D eigenvalue weighted by Gasteiger charge is -2.15. The number of benzene rings is 1. The molecule has 0 bridgehead atoms. The second-order valence-electron chi connectivity index (χ2n) is 4.11. The number of esters is 1. The molecular weight excluding hydrogens is 216 g/mol. The lowest BCUT2D eigenvalue weighted by atomic mass is 9.92. The molecule has 3 heteroatoms. The highest BCUT2D eigenvalue weighted by Gasteiger charge is 2.18. The largest absolute Gasteiger partial charge is 0.467 e. The van der Waals surface area contributed by atoms with Gasteiger partial charge in [0.05, 0.1) is 7.11 Å². The van der Waals surface area contributed by atoms with Gasteiger partial charge in [-0.1, -0.05) is 38.1 Å². The second kappa shape index (κ2) is 6.40. The van der Waals surface area contributed by atoms with Gasteiger partial charge in [-0.2, -0.15) is 0 Å². The molecule has 0 amide bonds. The Balaban J connectivity index is 2.96. The summed E-state index contributed by atoms with van der Waals surface area (Å²) < 4.78 is 4.53. The van der Waals surface area contributed by atoms with Crippen molar-refractivity contribution < 1.29 is 14.6 Å². The minimum absolute atomic E-state index is 0.472.